The monoisotopic (exact) mass is 337 g/mol. The van der Waals surface area contributed by atoms with Crippen LogP contribution in [0.4, 0.5) is 0 Å². The lowest BCUT2D eigenvalue weighted by Gasteiger charge is -2.10. The van der Waals surface area contributed by atoms with Gasteiger partial charge in [0.2, 0.25) is 0 Å². The average Bonchev–Trinajstić information content (AvgIpc) is 3.11. The summed E-state index contributed by atoms with van der Waals surface area (Å²) in [5.41, 5.74) is 6.36. The average molecular weight is 337 g/mol. The fourth-order valence-corrected chi connectivity index (χ4v) is 3.11. The predicted molar refractivity (Wildman–Crippen MR) is 106 cm³/mol. The summed E-state index contributed by atoms with van der Waals surface area (Å²) in [6.45, 7) is 2.15. The van der Waals surface area contributed by atoms with Crippen LogP contribution in [0, 0.1) is 11.8 Å². The quantitative estimate of drug-likeness (QED) is 0.501. The Balaban J connectivity index is 1.89. The van der Waals surface area contributed by atoms with Crippen molar-refractivity contribution in [3.63, 3.8) is 0 Å². The lowest BCUT2D eigenvalue weighted by Crippen LogP contribution is -1.95. The lowest BCUT2D eigenvalue weighted by atomic mass is 9.98. The van der Waals surface area contributed by atoms with E-state index in [1.807, 2.05) is 31.4 Å². The maximum Gasteiger partial charge on any atom is 0.0718 e. The number of aromatic nitrogens is 3. The second kappa shape index (κ2) is 6.85. The first-order chi connectivity index (χ1) is 12.7. The van der Waals surface area contributed by atoms with Crippen LogP contribution in [0.15, 0.2) is 67.0 Å². The number of benzene rings is 2. The van der Waals surface area contributed by atoms with Crippen LogP contribution in [0.3, 0.4) is 0 Å². The number of hydrogen-bond donors (Lipinski definition) is 0. The Kier molecular flexibility index (Phi) is 4.25. The smallest absolute Gasteiger partial charge is 0.0718 e. The highest BCUT2D eigenvalue weighted by atomic mass is 15.2. The molecule has 0 saturated heterocycles. The minimum absolute atomic E-state index is 0.895. The van der Waals surface area contributed by atoms with E-state index in [1.54, 1.807) is 10.9 Å². The minimum atomic E-state index is 0.895. The molecule has 3 nitrogen and oxygen atoms in total. The molecule has 0 atom stereocenters. The van der Waals surface area contributed by atoms with Crippen molar-refractivity contribution in [1.82, 2.24) is 14.8 Å². The summed E-state index contributed by atoms with van der Waals surface area (Å²) in [5, 5.41) is 5.25. The molecule has 0 spiro atoms. The van der Waals surface area contributed by atoms with Gasteiger partial charge >= 0.3 is 0 Å². The number of fused-ring (bicyclic) bond motifs is 1. The highest BCUT2D eigenvalue weighted by Crippen LogP contribution is 2.28. The van der Waals surface area contributed by atoms with E-state index in [-0.39, 0.29) is 0 Å². The number of pyridine rings is 1. The standard InChI is InChI=1S/C23H19N3/c1-3-22-20(18-8-5-4-6-9-18)14-21-19(10-7-11-23(21)25-22)13-12-17-15-24-26(2)16-17/h4-11,14-16H,3H2,1-2H3. The molecule has 26 heavy (non-hydrogen) atoms. The van der Waals surface area contributed by atoms with E-state index >= 15 is 0 Å². The van der Waals surface area contributed by atoms with Gasteiger partial charge in [0.25, 0.3) is 0 Å². The minimum Gasteiger partial charge on any atom is -0.275 e. The molecule has 0 aliphatic heterocycles. The molecule has 0 N–H and O–H groups in total. The third kappa shape index (κ3) is 3.10. The van der Waals surface area contributed by atoms with E-state index in [9.17, 15) is 0 Å². The fraction of sp³-hybridized carbons (Fsp3) is 0.130. The lowest BCUT2D eigenvalue weighted by molar-refractivity contribution is 0.767. The van der Waals surface area contributed by atoms with E-state index < -0.39 is 0 Å². The third-order valence-corrected chi connectivity index (χ3v) is 4.40. The number of hydrogen-bond acceptors (Lipinski definition) is 2. The second-order valence-electron chi connectivity index (χ2n) is 6.23. The molecule has 2 aromatic heterocycles. The number of nitrogens with zero attached hydrogens (tertiary/aromatic N) is 3. The molecular formula is C23H19N3. The zero-order valence-electron chi connectivity index (χ0n) is 14.9. The van der Waals surface area contributed by atoms with Gasteiger partial charge in [0.05, 0.1) is 17.3 Å². The molecule has 0 aliphatic carbocycles. The molecule has 0 aliphatic rings. The van der Waals surface area contributed by atoms with E-state index in [4.69, 9.17) is 4.98 Å². The molecule has 0 amide bonds. The van der Waals surface area contributed by atoms with Gasteiger partial charge in [0.1, 0.15) is 0 Å². The predicted octanol–water partition coefficient (Wildman–Crippen LogP) is 4.60. The highest BCUT2D eigenvalue weighted by molar-refractivity contribution is 5.89. The summed E-state index contributed by atoms with van der Waals surface area (Å²) >= 11 is 0. The molecular weight excluding hydrogens is 318 g/mol. The highest BCUT2D eigenvalue weighted by Gasteiger charge is 2.09. The summed E-state index contributed by atoms with van der Waals surface area (Å²) in [6.07, 6.45) is 4.59. The van der Waals surface area contributed by atoms with Gasteiger partial charge in [-0.25, -0.2) is 0 Å². The van der Waals surface area contributed by atoms with Gasteiger partial charge in [-0.3, -0.25) is 9.67 Å². The van der Waals surface area contributed by atoms with Crippen molar-refractivity contribution in [1.29, 1.82) is 0 Å². The summed E-state index contributed by atoms with van der Waals surface area (Å²) < 4.78 is 1.76. The molecule has 0 radical (unpaired) electrons. The molecule has 2 aromatic carbocycles. The van der Waals surface area contributed by atoms with Crippen molar-refractivity contribution in [3.8, 4) is 23.0 Å². The Morgan fingerprint density at radius 2 is 1.85 bits per heavy atom. The SMILES string of the molecule is CCc1nc2cccc(C#Cc3cnn(C)c3)c2cc1-c1ccccc1. The molecule has 0 unspecified atom stereocenters. The summed E-state index contributed by atoms with van der Waals surface area (Å²) in [4.78, 5) is 4.91. The van der Waals surface area contributed by atoms with Crippen LogP contribution in [0.1, 0.15) is 23.7 Å². The molecule has 0 bridgehead atoms. The summed E-state index contributed by atoms with van der Waals surface area (Å²) in [7, 11) is 1.89. The van der Waals surface area contributed by atoms with Crippen LogP contribution >= 0.6 is 0 Å². The van der Waals surface area contributed by atoms with Gasteiger partial charge in [-0.2, -0.15) is 5.10 Å². The fourth-order valence-electron chi connectivity index (χ4n) is 3.11. The van der Waals surface area contributed by atoms with Gasteiger partial charge < -0.3 is 0 Å². The van der Waals surface area contributed by atoms with Crippen LogP contribution in [0.5, 0.6) is 0 Å². The van der Waals surface area contributed by atoms with Crippen LogP contribution in [-0.4, -0.2) is 14.8 Å². The van der Waals surface area contributed by atoms with Crippen molar-refractivity contribution in [2.75, 3.05) is 0 Å². The summed E-state index contributed by atoms with van der Waals surface area (Å²) in [5.74, 6) is 6.49. The van der Waals surface area contributed by atoms with Gasteiger partial charge in [-0.1, -0.05) is 55.2 Å². The van der Waals surface area contributed by atoms with Crippen LogP contribution in [0.2, 0.25) is 0 Å². The molecule has 0 saturated carbocycles. The van der Waals surface area contributed by atoms with Crippen molar-refractivity contribution < 1.29 is 0 Å². The van der Waals surface area contributed by atoms with Crippen molar-refractivity contribution >= 4 is 10.9 Å². The Labute approximate surface area is 153 Å². The number of aryl methyl sites for hydroxylation is 2. The van der Waals surface area contributed by atoms with E-state index in [2.05, 4.69) is 60.3 Å². The van der Waals surface area contributed by atoms with E-state index in [1.165, 1.54) is 11.1 Å². The van der Waals surface area contributed by atoms with E-state index in [0.717, 1.165) is 34.1 Å². The molecule has 2 heterocycles. The maximum atomic E-state index is 4.91. The van der Waals surface area contributed by atoms with Gasteiger partial charge in [-0.05, 0) is 30.2 Å². The van der Waals surface area contributed by atoms with Crippen molar-refractivity contribution in [3.05, 3.63) is 83.8 Å². The van der Waals surface area contributed by atoms with E-state index in [0.29, 0.717) is 0 Å². The Bertz CT molecular complexity index is 1130. The molecule has 4 aromatic rings. The van der Waals surface area contributed by atoms with Crippen LogP contribution in [0.25, 0.3) is 22.0 Å². The van der Waals surface area contributed by atoms with Crippen molar-refractivity contribution in [2.45, 2.75) is 13.3 Å². The second-order valence-corrected chi connectivity index (χ2v) is 6.23. The van der Waals surface area contributed by atoms with Crippen LogP contribution < -0.4 is 0 Å². The Hall–Kier alpha value is -3.38. The molecule has 126 valence electrons. The van der Waals surface area contributed by atoms with Crippen molar-refractivity contribution in [2.24, 2.45) is 7.05 Å². The largest absolute Gasteiger partial charge is 0.275 e. The third-order valence-electron chi connectivity index (χ3n) is 4.40. The van der Waals surface area contributed by atoms with Gasteiger partial charge in [0.15, 0.2) is 0 Å². The summed E-state index contributed by atoms with van der Waals surface area (Å²) in [6, 6.07) is 18.8. The first kappa shape index (κ1) is 16.1. The number of rotatable bonds is 2. The molecule has 0 fully saturated rings. The maximum absolute atomic E-state index is 4.91. The molecule has 4 rings (SSSR count). The van der Waals surface area contributed by atoms with Gasteiger partial charge in [0, 0.05) is 35.5 Å². The van der Waals surface area contributed by atoms with Crippen LogP contribution in [-0.2, 0) is 13.5 Å². The topological polar surface area (TPSA) is 30.7 Å². The first-order valence-corrected chi connectivity index (χ1v) is 8.73. The Morgan fingerprint density at radius 3 is 2.58 bits per heavy atom. The first-order valence-electron chi connectivity index (χ1n) is 8.73. The van der Waals surface area contributed by atoms with Gasteiger partial charge in [-0.15, -0.1) is 0 Å². The zero-order chi connectivity index (χ0) is 17.9. The molecule has 3 heteroatoms. The zero-order valence-corrected chi connectivity index (χ0v) is 14.9. The normalized spacial score (nSPS) is 10.5. The Morgan fingerprint density at radius 1 is 1.00 bits per heavy atom.